The Morgan fingerprint density at radius 2 is 2.11 bits per heavy atom. The predicted octanol–water partition coefficient (Wildman–Crippen LogP) is 0.942. The van der Waals surface area contributed by atoms with Crippen molar-refractivity contribution in [1.29, 1.82) is 0 Å². The minimum absolute atomic E-state index is 0.0627. The molecule has 0 aliphatic heterocycles. The Bertz CT molecular complexity index is 434. The van der Waals surface area contributed by atoms with E-state index >= 15 is 0 Å². The van der Waals surface area contributed by atoms with Gasteiger partial charge in [0.2, 0.25) is 0 Å². The maximum Gasteiger partial charge on any atom is 0.255 e. The Balaban J connectivity index is 2.66. The second-order valence-electron chi connectivity index (χ2n) is 4.31. The molecule has 5 nitrogen and oxygen atoms in total. The smallest absolute Gasteiger partial charge is 0.255 e. The monoisotopic (exact) mass is 271 g/mol. The lowest BCUT2D eigenvalue weighted by Gasteiger charge is -2.22. The maximum absolute atomic E-state index is 11.8. The van der Waals surface area contributed by atoms with Crippen molar-refractivity contribution in [3.63, 3.8) is 0 Å². The van der Waals surface area contributed by atoms with E-state index in [1.165, 1.54) is 23.9 Å². The highest BCUT2D eigenvalue weighted by Crippen LogP contribution is 2.22. The van der Waals surface area contributed by atoms with E-state index in [2.05, 4.69) is 5.32 Å². The molecule has 4 N–H and O–H groups in total. The summed E-state index contributed by atoms with van der Waals surface area (Å²) in [5.41, 5.74) is -0.936. The number of phenolic OH excluding ortho intramolecular Hbond substituents is 2. The number of phenols is 2. The predicted molar refractivity (Wildman–Crippen MR) is 71.1 cm³/mol. The first-order valence-electron chi connectivity index (χ1n) is 5.37. The van der Waals surface area contributed by atoms with E-state index in [1.54, 1.807) is 6.92 Å². The summed E-state index contributed by atoms with van der Waals surface area (Å²) < 4.78 is 0. The van der Waals surface area contributed by atoms with E-state index in [0.29, 0.717) is 5.75 Å². The molecule has 0 aliphatic rings. The fourth-order valence-electron chi connectivity index (χ4n) is 1.44. The summed E-state index contributed by atoms with van der Waals surface area (Å²) in [6, 6.07) is 3.73. The van der Waals surface area contributed by atoms with Crippen LogP contribution in [0, 0.1) is 0 Å². The van der Waals surface area contributed by atoms with Gasteiger partial charge in [0.25, 0.3) is 5.91 Å². The number of rotatable bonds is 5. The van der Waals surface area contributed by atoms with Gasteiger partial charge in [-0.2, -0.15) is 11.8 Å². The SMILES string of the molecule is CSCC(C)(O)CNC(=O)c1ccc(O)cc1O. The molecule has 0 radical (unpaired) electrons. The minimum atomic E-state index is -0.998. The molecular weight excluding hydrogens is 254 g/mol. The fourth-order valence-corrected chi connectivity index (χ4v) is 2.16. The van der Waals surface area contributed by atoms with E-state index in [4.69, 9.17) is 5.11 Å². The van der Waals surface area contributed by atoms with Gasteiger partial charge in [0, 0.05) is 18.4 Å². The number of aromatic hydroxyl groups is 2. The molecule has 1 atom stereocenters. The van der Waals surface area contributed by atoms with E-state index in [-0.39, 0.29) is 23.6 Å². The lowest BCUT2D eigenvalue weighted by atomic mass is 10.1. The van der Waals surface area contributed by atoms with Crippen molar-refractivity contribution in [3.05, 3.63) is 23.8 Å². The van der Waals surface area contributed by atoms with E-state index in [9.17, 15) is 15.0 Å². The van der Waals surface area contributed by atoms with Gasteiger partial charge in [0.05, 0.1) is 11.2 Å². The van der Waals surface area contributed by atoms with Crippen molar-refractivity contribution in [2.75, 3.05) is 18.6 Å². The van der Waals surface area contributed by atoms with Crippen LogP contribution in [0.4, 0.5) is 0 Å². The zero-order valence-corrected chi connectivity index (χ0v) is 11.1. The summed E-state index contributed by atoms with van der Waals surface area (Å²) in [5.74, 6) is -0.404. The third-order valence-corrected chi connectivity index (χ3v) is 3.22. The molecule has 1 unspecified atom stereocenters. The molecule has 0 aliphatic carbocycles. The summed E-state index contributed by atoms with van der Waals surface area (Å²) >= 11 is 1.48. The minimum Gasteiger partial charge on any atom is -0.508 e. The lowest BCUT2D eigenvalue weighted by Crippen LogP contribution is -2.42. The second kappa shape index (κ2) is 5.97. The number of hydrogen-bond donors (Lipinski definition) is 4. The average molecular weight is 271 g/mol. The Kier molecular flexibility index (Phi) is 4.86. The first-order valence-corrected chi connectivity index (χ1v) is 6.76. The first-order chi connectivity index (χ1) is 8.35. The van der Waals surface area contributed by atoms with Crippen molar-refractivity contribution < 1.29 is 20.1 Å². The Morgan fingerprint density at radius 3 is 2.67 bits per heavy atom. The lowest BCUT2D eigenvalue weighted by molar-refractivity contribution is 0.0723. The molecule has 0 heterocycles. The molecule has 0 aromatic heterocycles. The average Bonchev–Trinajstić information content (AvgIpc) is 2.26. The topological polar surface area (TPSA) is 89.8 Å². The van der Waals surface area contributed by atoms with E-state index in [1.807, 2.05) is 6.26 Å². The highest BCUT2D eigenvalue weighted by atomic mass is 32.2. The normalized spacial score (nSPS) is 13.9. The number of benzene rings is 1. The van der Waals surface area contributed by atoms with Crippen LogP contribution in [0.3, 0.4) is 0 Å². The van der Waals surface area contributed by atoms with E-state index < -0.39 is 11.5 Å². The van der Waals surface area contributed by atoms with Gasteiger partial charge in [-0.1, -0.05) is 0 Å². The van der Waals surface area contributed by atoms with Gasteiger partial charge < -0.3 is 20.6 Å². The van der Waals surface area contributed by atoms with Crippen molar-refractivity contribution >= 4 is 17.7 Å². The largest absolute Gasteiger partial charge is 0.508 e. The molecule has 1 rings (SSSR count). The molecule has 18 heavy (non-hydrogen) atoms. The highest BCUT2D eigenvalue weighted by Gasteiger charge is 2.21. The third kappa shape index (κ3) is 4.12. The zero-order valence-electron chi connectivity index (χ0n) is 10.3. The van der Waals surface area contributed by atoms with Gasteiger partial charge in [-0.05, 0) is 25.3 Å². The number of carbonyl (C=O) groups is 1. The molecule has 100 valence electrons. The quantitative estimate of drug-likeness (QED) is 0.640. The number of nitrogens with one attached hydrogen (secondary N) is 1. The standard InChI is InChI=1S/C12H17NO4S/c1-12(17,7-18-2)6-13-11(16)9-4-3-8(14)5-10(9)15/h3-5,14-15,17H,6-7H2,1-2H3,(H,13,16). The van der Waals surface area contributed by atoms with Crippen molar-refractivity contribution in [1.82, 2.24) is 5.32 Å². The molecule has 0 spiro atoms. The van der Waals surface area contributed by atoms with Crippen LogP contribution in [0.2, 0.25) is 0 Å². The van der Waals surface area contributed by atoms with Crippen LogP contribution in [0.1, 0.15) is 17.3 Å². The number of amides is 1. The van der Waals surface area contributed by atoms with Crippen molar-refractivity contribution in [2.45, 2.75) is 12.5 Å². The van der Waals surface area contributed by atoms with Gasteiger partial charge in [-0.25, -0.2) is 0 Å². The highest BCUT2D eigenvalue weighted by molar-refractivity contribution is 7.98. The molecular formula is C12H17NO4S. The molecule has 1 aromatic carbocycles. The molecule has 6 heteroatoms. The number of carbonyl (C=O) groups excluding carboxylic acids is 1. The van der Waals surface area contributed by atoms with Gasteiger partial charge in [0.15, 0.2) is 0 Å². The van der Waals surface area contributed by atoms with E-state index in [0.717, 1.165) is 6.07 Å². The second-order valence-corrected chi connectivity index (χ2v) is 5.18. The number of aliphatic hydroxyl groups is 1. The maximum atomic E-state index is 11.8. The molecule has 0 bridgehead atoms. The summed E-state index contributed by atoms with van der Waals surface area (Å²) in [5, 5.41) is 31.0. The number of thioether (sulfide) groups is 1. The van der Waals surface area contributed by atoms with Gasteiger partial charge in [-0.3, -0.25) is 4.79 Å². The van der Waals surface area contributed by atoms with Gasteiger partial charge >= 0.3 is 0 Å². The third-order valence-electron chi connectivity index (χ3n) is 2.31. The molecule has 0 saturated carbocycles. The van der Waals surface area contributed by atoms with Crippen LogP contribution >= 0.6 is 11.8 Å². The number of hydrogen-bond acceptors (Lipinski definition) is 5. The van der Waals surface area contributed by atoms with Crippen LogP contribution in [-0.2, 0) is 0 Å². The zero-order chi connectivity index (χ0) is 13.8. The molecule has 0 saturated heterocycles. The van der Waals surface area contributed by atoms with Crippen LogP contribution in [0.25, 0.3) is 0 Å². The van der Waals surface area contributed by atoms with Crippen LogP contribution < -0.4 is 5.32 Å². The summed E-state index contributed by atoms with van der Waals surface area (Å²) in [7, 11) is 0. The van der Waals surface area contributed by atoms with Crippen LogP contribution in [0.5, 0.6) is 11.5 Å². The molecule has 0 fully saturated rings. The Morgan fingerprint density at radius 1 is 1.44 bits per heavy atom. The Hall–Kier alpha value is -1.40. The fraction of sp³-hybridized carbons (Fsp3) is 0.417. The Labute approximate surface area is 110 Å². The summed E-state index contributed by atoms with van der Waals surface area (Å²) in [4.78, 5) is 11.8. The van der Waals surface area contributed by atoms with Crippen molar-refractivity contribution in [2.24, 2.45) is 0 Å². The van der Waals surface area contributed by atoms with Gasteiger partial charge in [-0.15, -0.1) is 0 Å². The van der Waals surface area contributed by atoms with Crippen molar-refractivity contribution in [3.8, 4) is 11.5 Å². The summed E-state index contributed by atoms with van der Waals surface area (Å²) in [6.07, 6.45) is 1.86. The first kappa shape index (κ1) is 14.7. The molecule has 1 amide bonds. The molecule has 1 aromatic rings. The van der Waals surface area contributed by atoms with Crippen LogP contribution in [-0.4, -0.2) is 45.4 Å². The summed E-state index contributed by atoms with van der Waals surface area (Å²) in [6.45, 7) is 1.72. The van der Waals surface area contributed by atoms with Crippen LogP contribution in [0.15, 0.2) is 18.2 Å². The van der Waals surface area contributed by atoms with Gasteiger partial charge in [0.1, 0.15) is 11.5 Å².